The van der Waals surface area contributed by atoms with E-state index in [1.54, 1.807) is 25.1 Å². The van der Waals surface area contributed by atoms with Crippen molar-refractivity contribution in [3.05, 3.63) is 42.2 Å². The van der Waals surface area contributed by atoms with Crippen molar-refractivity contribution in [2.45, 2.75) is 19.4 Å². The number of benzene rings is 1. The van der Waals surface area contributed by atoms with Gasteiger partial charge >= 0.3 is 0 Å². The number of rotatable bonds is 11. The van der Waals surface area contributed by atoms with Crippen LogP contribution in [0.3, 0.4) is 0 Å². The fraction of sp³-hybridized carbons (Fsp3) is 0.444. The minimum absolute atomic E-state index is 0.00597. The Balaban J connectivity index is 1.60. The summed E-state index contributed by atoms with van der Waals surface area (Å²) in [6.07, 6.45) is 4.63. The highest BCUT2D eigenvalue weighted by molar-refractivity contribution is 5.76. The maximum atomic E-state index is 11.9. The molecule has 0 saturated heterocycles. The number of nitrogens with zero attached hydrogens (tertiary/aromatic N) is 2. The minimum atomic E-state index is -0.00597. The molecule has 7 heteroatoms. The SMILES string of the molecule is COc1ccc(CCC(=O)NCCOCCn2cccn2)c(OC)c1. The van der Waals surface area contributed by atoms with Crippen molar-refractivity contribution >= 4 is 5.91 Å². The van der Waals surface area contributed by atoms with Crippen LogP contribution in [0.15, 0.2) is 36.7 Å². The summed E-state index contributed by atoms with van der Waals surface area (Å²) in [5.74, 6) is 1.46. The summed E-state index contributed by atoms with van der Waals surface area (Å²) in [4.78, 5) is 11.9. The van der Waals surface area contributed by atoms with E-state index in [-0.39, 0.29) is 5.91 Å². The molecule has 1 N–H and O–H groups in total. The quantitative estimate of drug-likeness (QED) is 0.626. The number of methoxy groups -OCH3 is 2. The lowest BCUT2D eigenvalue weighted by atomic mass is 10.1. The summed E-state index contributed by atoms with van der Waals surface area (Å²) in [5, 5.41) is 6.94. The topological polar surface area (TPSA) is 74.6 Å². The second-order valence-corrected chi connectivity index (χ2v) is 5.41. The van der Waals surface area contributed by atoms with E-state index in [4.69, 9.17) is 14.2 Å². The highest BCUT2D eigenvalue weighted by Gasteiger charge is 2.08. The molecule has 0 bridgehead atoms. The van der Waals surface area contributed by atoms with Gasteiger partial charge in [-0.05, 0) is 24.1 Å². The molecule has 25 heavy (non-hydrogen) atoms. The van der Waals surface area contributed by atoms with Crippen LogP contribution in [-0.4, -0.2) is 49.7 Å². The highest BCUT2D eigenvalue weighted by atomic mass is 16.5. The average molecular weight is 347 g/mol. The van der Waals surface area contributed by atoms with Gasteiger partial charge in [0.25, 0.3) is 0 Å². The lowest BCUT2D eigenvalue weighted by molar-refractivity contribution is -0.121. The second-order valence-electron chi connectivity index (χ2n) is 5.41. The Morgan fingerprint density at radius 1 is 1.24 bits per heavy atom. The van der Waals surface area contributed by atoms with Gasteiger partial charge in [-0.2, -0.15) is 5.10 Å². The number of ether oxygens (including phenoxy) is 3. The fourth-order valence-corrected chi connectivity index (χ4v) is 2.35. The van der Waals surface area contributed by atoms with Gasteiger partial charge in [-0.3, -0.25) is 9.48 Å². The Bertz CT molecular complexity index is 644. The number of hydrogen-bond donors (Lipinski definition) is 1. The summed E-state index contributed by atoms with van der Waals surface area (Å²) in [6.45, 7) is 2.26. The number of carbonyl (C=O) groups excluding carboxylic acids is 1. The monoisotopic (exact) mass is 347 g/mol. The number of nitrogens with one attached hydrogen (secondary N) is 1. The number of amides is 1. The van der Waals surface area contributed by atoms with Crippen LogP contribution in [0.5, 0.6) is 11.5 Å². The van der Waals surface area contributed by atoms with Crippen molar-refractivity contribution in [2.24, 2.45) is 0 Å². The maximum Gasteiger partial charge on any atom is 0.220 e. The van der Waals surface area contributed by atoms with E-state index in [1.807, 2.05) is 30.5 Å². The number of aryl methyl sites for hydroxylation is 1. The smallest absolute Gasteiger partial charge is 0.220 e. The van der Waals surface area contributed by atoms with E-state index < -0.39 is 0 Å². The van der Waals surface area contributed by atoms with Crippen LogP contribution in [0.4, 0.5) is 0 Å². The predicted octanol–water partition coefficient (Wildman–Crippen LogP) is 1.67. The van der Waals surface area contributed by atoms with Crippen molar-refractivity contribution in [1.29, 1.82) is 0 Å². The van der Waals surface area contributed by atoms with Gasteiger partial charge in [0.15, 0.2) is 0 Å². The zero-order valence-electron chi connectivity index (χ0n) is 14.7. The fourth-order valence-electron chi connectivity index (χ4n) is 2.35. The predicted molar refractivity (Wildman–Crippen MR) is 93.9 cm³/mol. The molecule has 0 aliphatic heterocycles. The molecule has 2 rings (SSSR count). The summed E-state index contributed by atoms with van der Waals surface area (Å²) in [6, 6.07) is 7.48. The van der Waals surface area contributed by atoms with Crippen LogP contribution in [0.2, 0.25) is 0 Å². The maximum absolute atomic E-state index is 11.9. The third kappa shape index (κ3) is 6.46. The average Bonchev–Trinajstić information content (AvgIpc) is 3.16. The van der Waals surface area contributed by atoms with E-state index in [0.29, 0.717) is 39.1 Å². The van der Waals surface area contributed by atoms with Gasteiger partial charge in [0.05, 0.1) is 34.0 Å². The van der Waals surface area contributed by atoms with Gasteiger partial charge in [0.1, 0.15) is 11.5 Å². The highest BCUT2D eigenvalue weighted by Crippen LogP contribution is 2.25. The van der Waals surface area contributed by atoms with Crippen LogP contribution in [0.25, 0.3) is 0 Å². The van der Waals surface area contributed by atoms with Crippen molar-refractivity contribution in [3.8, 4) is 11.5 Å². The first kappa shape index (κ1) is 18.8. The third-order valence-corrected chi connectivity index (χ3v) is 3.71. The first-order valence-corrected chi connectivity index (χ1v) is 8.25. The number of hydrogen-bond acceptors (Lipinski definition) is 5. The van der Waals surface area contributed by atoms with Gasteiger partial charge < -0.3 is 19.5 Å². The first-order valence-electron chi connectivity index (χ1n) is 8.25. The Hall–Kier alpha value is -2.54. The molecule has 0 atom stereocenters. The van der Waals surface area contributed by atoms with Gasteiger partial charge in [-0.1, -0.05) is 6.07 Å². The molecule has 2 aromatic rings. The van der Waals surface area contributed by atoms with Crippen LogP contribution in [0, 0.1) is 0 Å². The lowest BCUT2D eigenvalue weighted by Gasteiger charge is -2.10. The number of aromatic nitrogens is 2. The first-order chi connectivity index (χ1) is 12.2. The molecular formula is C18H25N3O4. The molecule has 1 amide bonds. The molecule has 1 heterocycles. The third-order valence-electron chi connectivity index (χ3n) is 3.71. The Kier molecular flexibility index (Phi) is 7.78. The molecule has 1 aromatic heterocycles. The van der Waals surface area contributed by atoms with E-state index >= 15 is 0 Å². The Labute approximate surface area is 147 Å². The minimum Gasteiger partial charge on any atom is -0.497 e. The summed E-state index contributed by atoms with van der Waals surface area (Å²) in [5.41, 5.74) is 0.980. The molecule has 0 saturated carbocycles. The van der Waals surface area contributed by atoms with Gasteiger partial charge in [0, 0.05) is 31.4 Å². The molecule has 0 aliphatic rings. The second kappa shape index (κ2) is 10.4. The summed E-state index contributed by atoms with van der Waals surface area (Å²) < 4.78 is 17.8. The molecular weight excluding hydrogens is 322 g/mol. The van der Waals surface area contributed by atoms with Gasteiger partial charge in [-0.25, -0.2) is 0 Å². The molecule has 0 spiro atoms. The van der Waals surface area contributed by atoms with E-state index in [9.17, 15) is 4.79 Å². The lowest BCUT2D eigenvalue weighted by Crippen LogP contribution is -2.27. The number of carbonyl (C=O) groups is 1. The van der Waals surface area contributed by atoms with Crippen molar-refractivity contribution in [1.82, 2.24) is 15.1 Å². The normalized spacial score (nSPS) is 10.5. The molecule has 0 fully saturated rings. The standard InChI is InChI=1S/C18H25N3O4/c1-23-16-6-4-15(17(14-16)24-2)5-7-18(22)19-9-12-25-13-11-21-10-3-8-20-21/h3-4,6,8,10,14H,5,7,9,11-13H2,1-2H3,(H,19,22). The zero-order chi connectivity index (χ0) is 17.9. The van der Waals surface area contributed by atoms with Gasteiger partial charge in [0.2, 0.25) is 5.91 Å². The van der Waals surface area contributed by atoms with E-state index in [1.165, 1.54) is 0 Å². The summed E-state index contributed by atoms with van der Waals surface area (Å²) >= 11 is 0. The van der Waals surface area contributed by atoms with Gasteiger partial charge in [-0.15, -0.1) is 0 Å². The van der Waals surface area contributed by atoms with Crippen LogP contribution < -0.4 is 14.8 Å². The molecule has 7 nitrogen and oxygen atoms in total. The van der Waals surface area contributed by atoms with Crippen LogP contribution in [0.1, 0.15) is 12.0 Å². The van der Waals surface area contributed by atoms with Crippen LogP contribution in [-0.2, 0) is 22.5 Å². The molecule has 0 unspecified atom stereocenters. The molecule has 1 aromatic carbocycles. The molecule has 0 radical (unpaired) electrons. The molecule has 136 valence electrons. The molecule has 0 aliphatic carbocycles. The Morgan fingerprint density at radius 2 is 2.12 bits per heavy atom. The van der Waals surface area contributed by atoms with Crippen molar-refractivity contribution < 1.29 is 19.0 Å². The zero-order valence-corrected chi connectivity index (χ0v) is 14.7. The van der Waals surface area contributed by atoms with Crippen LogP contribution >= 0.6 is 0 Å². The van der Waals surface area contributed by atoms with Crippen molar-refractivity contribution in [3.63, 3.8) is 0 Å². The Morgan fingerprint density at radius 3 is 2.84 bits per heavy atom. The van der Waals surface area contributed by atoms with Crippen molar-refractivity contribution in [2.75, 3.05) is 34.0 Å². The van der Waals surface area contributed by atoms with E-state index in [0.717, 1.165) is 17.1 Å². The van der Waals surface area contributed by atoms with E-state index in [2.05, 4.69) is 10.4 Å². The largest absolute Gasteiger partial charge is 0.497 e. The summed E-state index contributed by atoms with van der Waals surface area (Å²) in [7, 11) is 3.22.